The number of sulfonamides is 1. The second kappa shape index (κ2) is 12.7. The second-order valence-corrected chi connectivity index (χ2v) is 8.10. The van der Waals surface area contributed by atoms with Crippen LogP contribution in [-0.4, -0.2) is 72.8 Å². The molecule has 1 aromatic rings. The fourth-order valence-electron chi connectivity index (χ4n) is 2.21. The second-order valence-electron chi connectivity index (χ2n) is 5.98. The van der Waals surface area contributed by atoms with Gasteiger partial charge >= 0.3 is 0 Å². The van der Waals surface area contributed by atoms with Crippen LogP contribution in [0.15, 0.2) is 34.2 Å². The van der Waals surface area contributed by atoms with E-state index >= 15 is 0 Å². The molecule has 0 atom stereocenters. The van der Waals surface area contributed by atoms with Gasteiger partial charge in [-0.15, -0.1) is 0 Å². The van der Waals surface area contributed by atoms with E-state index in [1.807, 2.05) is 13.0 Å². The quantitative estimate of drug-likeness (QED) is 0.309. The molecule has 0 unspecified atom stereocenters. The van der Waals surface area contributed by atoms with Crippen LogP contribution in [0, 0.1) is 0 Å². The van der Waals surface area contributed by atoms with E-state index in [4.69, 9.17) is 9.47 Å². The first-order chi connectivity index (χ1) is 12.9. The fraction of sp³-hybridized carbons (Fsp3) is 0.611. The van der Waals surface area contributed by atoms with Crippen molar-refractivity contribution in [3.63, 3.8) is 0 Å². The van der Waals surface area contributed by atoms with Gasteiger partial charge in [0.1, 0.15) is 0 Å². The Bertz CT molecular complexity index is 678. The Morgan fingerprint density at radius 3 is 2.56 bits per heavy atom. The molecular weight excluding hydrogens is 368 g/mol. The molecule has 0 aliphatic heterocycles. The van der Waals surface area contributed by atoms with Gasteiger partial charge in [0.15, 0.2) is 5.96 Å². The Morgan fingerprint density at radius 2 is 1.89 bits per heavy atom. The predicted octanol–water partition coefficient (Wildman–Crippen LogP) is 1.05. The number of hydrogen-bond donors (Lipinski definition) is 2. The van der Waals surface area contributed by atoms with Crippen LogP contribution in [0.1, 0.15) is 18.9 Å². The van der Waals surface area contributed by atoms with E-state index in [1.54, 1.807) is 25.3 Å². The van der Waals surface area contributed by atoms with Crippen LogP contribution < -0.4 is 10.6 Å². The maximum Gasteiger partial charge on any atom is 0.242 e. The van der Waals surface area contributed by atoms with E-state index in [-0.39, 0.29) is 11.4 Å². The zero-order chi connectivity index (χ0) is 20.1. The molecule has 154 valence electrons. The smallest absolute Gasteiger partial charge is 0.242 e. The number of ether oxygens (including phenoxy) is 2. The molecule has 0 aliphatic carbocycles. The van der Waals surface area contributed by atoms with Crippen molar-refractivity contribution in [1.82, 2.24) is 14.9 Å². The first-order valence-electron chi connectivity index (χ1n) is 9.02. The average Bonchev–Trinajstić information content (AvgIpc) is 2.65. The Labute approximate surface area is 163 Å². The summed E-state index contributed by atoms with van der Waals surface area (Å²) in [5, 5.41) is 6.39. The minimum Gasteiger partial charge on any atom is -0.382 e. The summed E-state index contributed by atoms with van der Waals surface area (Å²) in [5.41, 5.74) is 0.659. The van der Waals surface area contributed by atoms with Crippen molar-refractivity contribution in [3.05, 3.63) is 29.8 Å². The van der Waals surface area contributed by atoms with Crippen LogP contribution in [0.3, 0.4) is 0 Å². The molecule has 1 aromatic carbocycles. The zero-order valence-electron chi connectivity index (χ0n) is 16.7. The fourth-order valence-corrected chi connectivity index (χ4v) is 3.32. The minimum absolute atomic E-state index is 0.267. The number of aliphatic imine (C=N–C) groups is 1. The van der Waals surface area contributed by atoms with Gasteiger partial charge in [0.25, 0.3) is 0 Å². The van der Waals surface area contributed by atoms with Crippen molar-refractivity contribution in [2.45, 2.75) is 24.8 Å². The lowest BCUT2D eigenvalue weighted by Crippen LogP contribution is -2.38. The van der Waals surface area contributed by atoms with E-state index in [0.717, 1.165) is 6.42 Å². The summed E-state index contributed by atoms with van der Waals surface area (Å²) < 4.78 is 36.5. The maximum atomic E-state index is 12.5. The third-order valence-corrected chi connectivity index (χ3v) is 5.59. The highest BCUT2D eigenvalue weighted by Crippen LogP contribution is 2.19. The number of methoxy groups -OCH3 is 1. The standard InChI is InChI=1S/C18H32N4O4S/c1-5-19-18(20-11-8-12-26-14-13-25-4)21-15-16-9-6-7-10-17(16)27(23,24)22(2)3/h6-7,9-10H,5,8,11-15H2,1-4H3,(H2,19,20,21). The third-order valence-electron chi connectivity index (χ3n) is 3.67. The molecule has 2 N–H and O–H groups in total. The van der Waals surface area contributed by atoms with Crippen molar-refractivity contribution in [2.24, 2.45) is 4.99 Å². The van der Waals surface area contributed by atoms with E-state index in [9.17, 15) is 8.42 Å². The lowest BCUT2D eigenvalue weighted by atomic mass is 10.2. The Balaban J connectivity index is 2.68. The van der Waals surface area contributed by atoms with Gasteiger partial charge in [-0.25, -0.2) is 17.7 Å². The van der Waals surface area contributed by atoms with Crippen molar-refractivity contribution < 1.29 is 17.9 Å². The van der Waals surface area contributed by atoms with Crippen molar-refractivity contribution in [1.29, 1.82) is 0 Å². The Kier molecular flexibility index (Phi) is 11.0. The van der Waals surface area contributed by atoms with Gasteiger partial charge in [0.2, 0.25) is 10.0 Å². The van der Waals surface area contributed by atoms with Gasteiger partial charge in [-0.3, -0.25) is 0 Å². The molecule has 0 spiro atoms. The van der Waals surface area contributed by atoms with Crippen LogP contribution in [-0.2, 0) is 26.0 Å². The highest BCUT2D eigenvalue weighted by Gasteiger charge is 2.20. The van der Waals surface area contributed by atoms with Gasteiger partial charge in [-0.05, 0) is 25.0 Å². The normalized spacial score (nSPS) is 12.4. The molecule has 0 aromatic heterocycles. The molecule has 1 rings (SSSR count). The summed E-state index contributed by atoms with van der Waals surface area (Å²) in [6.07, 6.45) is 0.833. The topological polar surface area (TPSA) is 92.3 Å². The van der Waals surface area contributed by atoms with E-state index in [2.05, 4.69) is 15.6 Å². The number of benzene rings is 1. The zero-order valence-corrected chi connectivity index (χ0v) is 17.5. The number of nitrogens with zero attached hydrogens (tertiary/aromatic N) is 2. The molecule has 0 amide bonds. The van der Waals surface area contributed by atoms with Gasteiger partial charge in [-0.2, -0.15) is 0 Å². The van der Waals surface area contributed by atoms with Crippen LogP contribution in [0.5, 0.6) is 0 Å². The van der Waals surface area contributed by atoms with E-state index in [0.29, 0.717) is 44.4 Å². The average molecular weight is 401 g/mol. The number of guanidine groups is 1. The molecule has 9 heteroatoms. The third kappa shape index (κ3) is 8.25. The molecule has 8 nitrogen and oxygen atoms in total. The first kappa shape index (κ1) is 23.4. The molecule has 0 fully saturated rings. The van der Waals surface area contributed by atoms with Gasteiger partial charge < -0.3 is 20.1 Å². The molecule has 0 saturated carbocycles. The summed E-state index contributed by atoms with van der Waals surface area (Å²) >= 11 is 0. The van der Waals surface area contributed by atoms with Crippen LogP contribution >= 0.6 is 0 Å². The monoisotopic (exact) mass is 400 g/mol. The lowest BCUT2D eigenvalue weighted by Gasteiger charge is -2.15. The molecule has 27 heavy (non-hydrogen) atoms. The van der Waals surface area contributed by atoms with Crippen LogP contribution in [0.2, 0.25) is 0 Å². The minimum atomic E-state index is -3.50. The van der Waals surface area contributed by atoms with E-state index in [1.165, 1.54) is 18.4 Å². The van der Waals surface area contributed by atoms with Gasteiger partial charge in [0, 0.05) is 40.9 Å². The summed E-state index contributed by atoms with van der Waals surface area (Å²) in [7, 11) is 1.19. The summed E-state index contributed by atoms with van der Waals surface area (Å²) in [6, 6.07) is 6.93. The van der Waals surface area contributed by atoms with Crippen LogP contribution in [0.4, 0.5) is 0 Å². The molecule has 0 saturated heterocycles. The first-order valence-corrected chi connectivity index (χ1v) is 10.5. The van der Waals surface area contributed by atoms with Crippen LogP contribution in [0.25, 0.3) is 0 Å². The SMILES string of the molecule is CCNC(=NCc1ccccc1S(=O)(=O)N(C)C)NCCCOCCOC. The predicted molar refractivity (Wildman–Crippen MR) is 107 cm³/mol. The number of hydrogen-bond acceptors (Lipinski definition) is 5. The van der Waals surface area contributed by atoms with Crippen molar-refractivity contribution in [3.8, 4) is 0 Å². The van der Waals surface area contributed by atoms with Gasteiger partial charge in [-0.1, -0.05) is 18.2 Å². The highest BCUT2D eigenvalue weighted by molar-refractivity contribution is 7.89. The molecule has 0 radical (unpaired) electrons. The molecule has 0 bridgehead atoms. The lowest BCUT2D eigenvalue weighted by molar-refractivity contribution is 0.0698. The Hall–Kier alpha value is -1.68. The Morgan fingerprint density at radius 1 is 1.15 bits per heavy atom. The maximum absolute atomic E-state index is 12.5. The summed E-state index contributed by atoms with van der Waals surface area (Å²) in [4.78, 5) is 4.79. The van der Waals surface area contributed by atoms with Crippen molar-refractivity contribution >= 4 is 16.0 Å². The summed E-state index contributed by atoms with van der Waals surface area (Å²) in [5.74, 6) is 0.645. The highest BCUT2D eigenvalue weighted by atomic mass is 32.2. The largest absolute Gasteiger partial charge is 0.382 e. The molecule has 0 heterocycles. The van der Waals surface area contributed by atoms with E-state index < -0.39 is 10.0 Å². The number of nitrogens with one attached hydrogen (secondary N) is 2. The molecule has 0 aliphatic rings. The molecular formula is C18H32N4O4S. The van der Waals surface area contributed by atoms with Crippen molar-refractivity contribution in [2.75, 3.05) is 54.1 Å². The number of rotatable bonds is 12. The van der Waals surface area contributed by atoms with Gasteiger partial charge in [0.05, 0.1) is 24.7 Å². The summed E-state index contributed by atoms with van der Waals surface area (Å²) in [6.45, 7) is 5.48.